The van der Waals surface area contributed by atoms with Gasteiger partial charge < -0.3 is 10.2 Å². The van der Waals surface area contributed by atoms with Gasteiger partial charge in [0.15, 0.2) is 0 Å². The van der Waals surface area contributed by atoms with Crippen LogP contribution in [0.1, 0.15) is 38.5 Å². The van der Waals surface area contributed by atoms with Crippen LogP contribution in [0.4, 0.5) is 0 Å². The van der Waals surface area contributed by atoms with Crippen molar-refractivity contribution in [1.29, 1.82) is 0 Å². The lowest BCUT2D eigenvalue weighted by Gasteiger charge is -2.07. The fourth-order valence-electron chi connectivity index (χ4n) is 2.40. The molecule has 0 unspecified atom stereocenters. The van der Waals surface area contributed by atoms with Crippen molar-refractivity contribution < 1.29 is 10.2 Å². The first kappa shape index (κ1) is 15.5. The van der Waals surface area contributed by atoms with Gasteiger partial charge in [-0.05, 0) is 62.2 Å². The van der Waals surface area contributed by atoms with Crippen molar-refractivity contribution in [2.24, 2.45) is 23.7 Å². The highest BCUT2D eigenvalue weighted by molar-refractivity contribution is 4.85. The molecule has 0 spiro atoms. The minimum atomic E-state index is 0.344. The third kappa shape index (κ3) is 5.83. The maximum Gasteiger partial charge on any atom is 0.0464 e. The van der Waals surface area contributed by atoms with E-state index in [1.54, 1.807) is 0 Å². The Bertz CT molecular complexity index is 215. The molecule has 2 nitrogen and oxygen atoms in total. The van der Waals surface area contributed by atoms with Gasteiger partial charge in [-0.25, -0.2) is 0 Å². The van der Waals surface area contributed by atoms with Crippen LogP contribution in [-0.2, 0) is 0 Å². The monoisotopic (exact) mass is 252 g/mol. The summed E-state index contributed by atoms with van der Waals surface area (Å²) >= 11 is 0. The fraction of sp³-hybridized carbons (Fsp3) is 0.750. The summed E-state index contributed by atoms with van der Waals surface area (Å²) in [6.45, 7) is 7.98. The number of hydrogen-bond acceptors (Lipinski definition) is 2. The molecule has 2 aliphatic carbocycles. The number of hydrogen-bond donors (Lipinski definition) is 2. The predicted octanol–water partition coefficient (Wildman–Crippen LogP) is 3.16. The molecule has 0 aromatic rings. The molecule has 2 saturated carbocycles. The molecule has 104 valence electrons. The standard InChI is InChI=1S/2C8H14O/c2*1-2-3-8(6-9)7-4-5-7/h2*2,7-9H,1,3-6H2/t2*8-/m10/s1. The highest BCUT2D eigenvalue weighted by Gasteiger charge is 2.29. The SMILES string of the molecule is C=CC[C@@H](CO)C1CC1.C=CC[C@H](CO)C1CC1. The Labute approximate surface area is 111 Å². The molecule has 2 N–H and O–H groups in total. The summed E-state index contributed by atoms with van der Waals surface area (Å²) in [6.07, 6.45) is 11.1. The van der Waals surface area contributed by atoms with E-state index in [4.69, 9.17) is 10.2 Å². The lowest BCUT2D eigenvalue weighted by Crippen LogP contribution is -2.06. The van der Waals surface area contributed by atoms with E-state index in [1.165, 1.54) is 25.7 Å². The molecule has 0 amide bonds. The third-order valence-corrected chi connectivity index (χ3v) is 3.99. The van der Waals surface area contributed by atoms with Gasteiger partial charge in [-0.15, -0.1) is 13.2 Å². The van der Waals surface area contributed by atoms with E-state index in [0.717, 1.165) is 24.7 Å². The van der Waals surface area contributed by atoms with E-state index in [9.17, 15) is 0 Å². The molecule has 0 aromatic carbocycles. The van der Waals surface area contributed by atoms with Crippen molar-refractivity contribution in [3.05, 3.63) is 25.3 Å². The summed E-state index contributed by atoms with van der Waals surface area (Å²) in [5, 5.41) is 17.6. The first-order valence-corrected chi connectivity index (χ1v) is 7.20. The fourth-order valence-corrected chi connectivity index (χ4v) is 2.40. The molecule has 0 radical (unpaired) electrons. The first-order valence-electron chi connectivity index (χ1n) is 7.20. The zero-order chi connectivity index (χ0) is 13.4. The van der Waals surface area contributed by atoms with Crippen LogP contribution in [0.15, 0.2) is 25.3 Å². The molecule has 2 atom stereocenters. The van der Waals surface area contributed by atoms with Gasteiger partial charge in [0.1, 0.15) is 0 Å². The van der Waals surface area contributed by atoms with Crippen LogP contribution in [0.5, 0.6) is 0 Å². The number of aliphatic hydroxyl groups excluding tert-OH is 2. The molecular weight excluding hydrogens is 224 g/mol. The second kappa shape index (κ2) is 8.49. The van der Waals surface area contributed by atoms with Crippen molar-refractivity contribution >= 4 is 0 Å². The minimum Gasteiger partial charge on any atom is -0.396 e. The molecule has 0 bridgehead atoms. The first-order chi connectivity index (χ1) is 8.76. The van der Waals surface area contributed by atoms with Crippen LogP contribution in [0.3, 0.4) is 0 Å². The van der Waals surface area contributed by atoms with Gasteiger partial charge in [0, 0.05) is 13.2 Å². The van der Waals surface area contributed by atoms with Gasteiger partial charge in [0.2, 0.25) is 0 Å². The lowest BCUT2D eigenvalue weighted by atomic mass is 10.0. The van der Waals surface area contributed by atoms with Gasteiger partial charge in [0.05, 0.1) is 0 Å². The molecule has 2 heteroatoms. The average Bonchev–Trinajstić information content (AvgIpc) is 3.25. The zero-order valence-corrected chi connectivity index (χ0v) is 11.4. The summed E-state index contributed by atoms with van der Waals surface area (Å²) in [6, 6.07) is 0. The molecule has 2 fully saturated rings. The third-order valence-electron chi connectivity index (χ3n) is 3.99. The smallest absolute Gasteiger partial charge is 0.0464 e. The molecular formula is C16H28O2. The summed E-state index contributed by atoms with van der Waals surface area (Å²) in [5.74, 6) is 2.66. The van der Waals surface area contributed by atoms with Crippen molar-refractivity contribution in [3.8, 4) is 0 Å². The van der Waals surface area contributed by atoms with Gasteiger partial charge in [0.25, 0.3) is 0 Å². The van der Waals surface area contributed by atoms with Crippen LogP contribution >= 0.6 is 0 Å². The van der Waals surface area contributed by atoms with Crippen LogP contribution < -0.4 is 0 Å². The van der Waals surface area contributed by atoms with E-state index >= 15 is 0 Å². The quantitative estimate of drug-likeness (QED) is 0.651. The normalized spacial score (nSPS) is 21.4. The predicted molar refractivity (Wildman–Crippen MR) is 76.2 cm³/mol. The molecule has 0 aliphatic heterocycles. The number of allylic oxidation sites excluding steroid dienone is 2. The molecule has 18 heavy (non-hydrogen) atoms. The minimum absolute atomic E-state index is 0.344. The molecule has 2 rings (SSSR count). The van der Waals surface area contributed by atoms with Gasteiger partial charge >= 0.3 is 0 Å². The Morgan fingerprint density at radius 3 is 1.33 bits per heavy atom. The van der Waals surface area contributed by atoms with Crippen LogP contribution in [0, 0.1) is 23.7 Å². The van der Waals surface area contributed by atoms with Crippen LogP contribution in [0.2, 0.25) is 0 Å². The lowest BCUT2D eigenvalue weighted by molar-refractivity contribution is 0.211. The van der Waals surface area contributed by atoms with E-state index in [1.807, 2.05) is 12.2 Å². The molecule has 0 heterocycles. The Morgan fingerprint density at radius 2 is 1.17 bits per heavy atom. The summed E-state index contributed by atoms with van der Waals surface area (Å²) in [4.78, 5) is 0. The summed E-state index contributed by atoms with van der Waals surface area (Å²) in [5.41, 5.74) is 0. The van der Waals surface area contributed by atoms with E-state index in [2.05, 4.69) is 13.2 Å². The van der Waals surface area contributed by atoms with Gasteiger partial charge in [-0.1, -0.05) is 12.2 Å². The van der Waals surface area contributed by atoms with Crippen LogP contribution in [0.25, 0.3) is 0 Å². The molecule has 0 aromatic heterocycles. The maximum atomic E-state index is 8.82. The van der Waals surface area contributed by atoms with Crippen molar-refractivity contribution in [3.63, 3.8) is 0 Å². The highest BCUT2D eigenvalue weighted by atomic mass is 16.3. The van der Waals surface area contributed by atoms with E-state index in [-0.39, 0.29) is 0 Å². The summed E-state index contributed by atoms with van der Waals surface area (Å²) < 4.78 is 0. The molecule has 0 saturated heterocycles. The maximum absolute atomic E-state index is 8.82. The Morgan fingerprint density at radius 1 is 0.833 bits per heavy atom. The molecule has 2 aliphatic rings. The Kier molecular flexibility index (Phi) is 7.29. The second-order valence-electron chi connectivity index (χ2n) is 5.61. The topological polar surface area (TPSA) is 40.5 Å². The number of rotatable bonds is 8. The van der Waals surface area contributed by atoms with Crippen molar-refractivity contribution in [1.82, 2.24) is 0 Å². The van der Waals surface area contributed by atoms with E-state index < -0.39 is 0 Å². The zero-order valence-electron chi connectivity index (χ0n) is 11.4. The van der Waals surface area contributed by atoms with Crippen LogP contribution in [-0.4, -0.2) is 23.4 Å². The largest absolute Gasteiger partial charge is 0.396 e. The Balaban J connectivity index is 0.000000180. The van der Waals surface area contributed by atoms with Gasteiger partial charge in [-0.3, -0.25) is 0 Å². The van der Waals surface area contributed by atoms with Crippen molar-refractivity contribution in [2.45, 2.75) is 38.5 Å². The summed E-state index contributed by atoms with van der Waals surface area (Å²) in [7, 11) is 0. The second-order valence-corrected chi connectivity index (χ2v) is 5.61. The Hall–Kier alpha value is -0.600. The average molecular weight is 252 g/mol. The highest BCUT2D eigenvalue weighted by Crippen LogP contribution is 2.38. The van der Waals surface area contributed by atoms with Crippen molar-refractivity contribution in [2.75, 3.05) is 13.2 Å². The number of aliphatic hydroxyl groups is 2. The van der Waals surface area contributed by atoms with E-state index in [0.29, 0.717) is 25.0 Å². The van der Waals surface area contributed by atoms with Gasteiger partial charge in [-0.2, -0.15) is 0 Å².